The highest BCUT2D eigenvalue weighted by molar-refractivity contribution is 7.07. The van der Waals surface area contributed by atoms with Crippen LogP contribution in [0, 0.1) is 0 Å². The smallest absolute Gasteiger partial charge is 0.213 e. The Balaban J connectivity index is 1.40. The van der Waals surface area contributed by atoms with Crippen LogP contribution in [0.1, 0.15) is 17.2 Å². The summed E-state index contributed by atoms with van der Waals surface area (Å²) in [5.41, 5.74) is 1.36. The van der Waals surface area contributed by atoms with E-state index in [4.69, 9.17) is 4.74 Å². The van der Waals surface area contributed by atoms with Gasteiger partial charge in [0.1, 0.15) is 12.4 Å². The zero-order chi connectivity index (χ0) is 15.5. The summed E-state index contributed by atoms with van der Waals surface area (Å²) in [4.78, 5) is 6.56. The van der Waals surface area contributed by atoms with Crippen LogP contribution >= 0.6 is 11.3 Å². The Kier molecular flexibility index (Phi) is 4.04. The Bertz CT molecular complexity index is 756. The van der Waals surface area contributed by atoms with Gasteiger partial charge in [0, 0.05) is 31.9 Å². The standard InChI is InChI=1S/C16H17N5OS/c1-2-5-17-16(3-1)22-11-15-19-18-14-10-20(6-7-21(14)15)9-13-4-8-23-12-13/h1-5,8,12H,6-7,9-11H2. The molecule has 23 heavy (non-hydrogen) atoms. The van der Waals surface area contributed by atoms with Crippen molar-refractivity contribution in [3.8, 4) is 5.88 Å². The van der Waals surface area contributed by atoms with Crippen molar-refractivity contribution in [3.05, 3.63) is 58.4 Å². The van der Waals surface area contributed by atoms with Crippen molar-refractivity contribution in [2.24, 2.45) is 0 Å². The minimum absolute atomic E-state index is 0.397. The zero-order valence-corrected chi connectivity index (χ0v) is 13.4. The third-order valence-electron chi connectivity index (χ3n) is 3.88. The second kappa shape index (κ2) is 6.47. The Labute approximate surface area is 138 Å². The van der Waals surface area contributed by atoms with Gasteiger partial charge >= 0.3 is 0 Å². The van der Waals surface area contributed by atoms with Gasteiger partial charge in [0.15, 0.2) is 5.82 Å². The quantitative estimate of drug-likeness (QED) is 0.720. The van der Waals surface area contributed by atoms with Gasteiger partial charge in [-0.2, -0.15) is 11.3 Å². The highest BCUT2D eigenvalue weighted by Gasteiger charge is 2.21. The number of nitrogens with zero attached hydrogens (tertiary/aromatic N) is 5. The maximum atomic E-state index is 5.68. The monoisotopic (exact) mass is 327 g/mol. The molecule has 4 rings (SSSR count). The first kappa shape index (κ1) is 14.3. The molecule has 0 atom stereocenters. The van der Waals surface area contributed by atoms with Crippen molar-refractivity contribution in [1.29, 1.82) is 0 Å². The van der Waals surface area contributed by atoms with Crippen LogP contribution in [0.3, 0.4) is 0 Å². The number of pyridine rings is 1. The van der Waals surface area contributed by atoms with Crippen LogP contribution in [-0.2, 0) is 26.2 Å². The Morgan fingerprint density at radius 1 is 1.17 bits per heavy atom. The van der Waals surface area contributed by atoms with Gasteiger partial charge in [-0.05, 0) is 28.5 Å². The number of thiophene rings is 1. The van der Waals surface area contributed by atoms with Crippen LogP contribution in [-0.4, -0.2) is 31.2 Å². The number of rotatable bonds is 5. The fraction of sp³-hybridized carbons (Fsp3) is 0.312. The van der Waals surface area contributed by atoms with Gasteiger partial charge in [-0.1, -0.05) is 6.07 Å². The minimum atomic E-state index is 0.397. The topological polar surface area (TPSA) is 56.1 Å². The predicted octanol–water partition coefficient (Wildman–Crippen LogP) is 2.33. The van der Waals surface area contributed by atoms with E-state index >= 15 is 0 Å². The van der Waals surface area contributed by atoms with Crippen LogP contribution in [0.15, 0.2) is 41.2 Å². The Hall–Kier alpha value is -2.25. The number of hydrogen-bond acceptors (Lipinski definition) is 6. The minimum Gasteiger partial charge on any atom is -0.469 e. The van der Waals surface area contributed by atoms with Gasteiger partial charge in [0.05, 0.1) is 6.54 Å². The predicted molar refractivity (Wildman–Crippen MR) is 87.0 cm³/mol. The van der Waals surface area contributed by atoms with Crippen molar-refractivity contribution in [2.45, 2.75) is 26.2 Å². The first-order valence-corrected chi connectivity index (χ1v) is 8.51. The number of ether oxygens (including phenoxy) is 1. The molecule has 4 heterocycles. The lowest BCUT2D eigenvalue weighted by Crippen LogP contribution is -2.34. The summed E-state index contributed by atoms with van der Waals surface area (Å²) >= 11 is 1.74. The third-order valence-corrected chi connectivity index (χ3v) is 4.61. The lowest BCUT2D eigenvalue weighted by molar-refractivity contribution is 0.201. The van der Waals surface area contributed by atoms with Gasteiger partial charge in [-0.25, -0.2) is 4.98 Å². The zero-order valence-electron chi connectivity index (χ0n) is 12.6. The number of fused-ring (bicyclic) bond motifs is 1. The number of aromatic nitrogens is 4. The Morgan fingerprint density at radius 2 is 2.17 bits per heavy atom. The second-order valence-corrected chi connectivity index (χ2v) is 6.26. The summed E-state index contributed by atoms with van der Waals surface area (Å²) < 4.78 is 7.84. The van der Waals surface area contributed by atoms with Gasteiger partial charge < -0.3 is 9.30 Å². The summed E-state index contributed by atoms with van der Waals surface area (Å²) in [5, 5.41) is 12.9. The molecule has 1 aliphatic rings. The first-order chi connectivity index (χ1) is 11.4. The average Bonchev–Trinajstić information content (AvgIpc) is 3.23. The van der Waals surface area contributed by atoms with Crippen LogP contribution in [0.4, 0.5) is 0 Å². The van der Waals surface area contributed by atoms with Crippen molar-refractivity contribution < 1.29 is 4.74 Å². The van der Waals surface area contributed by atoms with E-state index in [9.17, 15) is 0 Å². The molecule has 118 valence electrons. The van der Waals surface area contributed by atoms with Gasteiger partial charge in [0.2, 0.25) is 5.88 Å². The molecule has 0 radical (unpaired) electrons. The summed E-state index contributed by atoms with van der Waals surface area (Å²) in [6.07, 6.45) is 1.72. The van der Waals surface area contributed by atoms with Crippen LogP contribution in [0.5, 0.6) is 5.88 Å². The molecule has 1 aliphatic heterocycles. The molecule has 0 amide bonds. The lowest BCUT2D eigenvalue weighted by atomic mass is 10.2. The molecule has 0 N–H and O–H groups in total. The molecule has 3 aromatic heterocycles. The van der Waals surface area contributed by atoms with Crippen LogP contribution < -0.4 is 4.74 Å². The highest BCUT2D eigenvalue weighted by atomic mass is 32.1. The molecule has 0 saturated heterocycles. The molecule has 0 saturated carbocycles. The van der Waals surface area contributed by atoms with Gasteiger partial charge in [-0.3, -0.25) is 4.90 Å². The molecule has 0 fully saturated rings. The summed E-state index contributed by atoms with van der Waals surface area (Å²) in [5.74, 6) is 2.48. The van der Waals surface area contributed by atoms with E-state index in [1.165, 1.54) is 5.56 Å². The normalized spacial score (nSPS) is 14.6. The van der Waals surface area contributed by atoms with E-state index in [-0.39, 0.29) is 0 Å². The van der Waals surface area contributed by atoms with Crippen LogP contribution in [0.25, 0.3) is 0 Å². The summed E-state index contributed by atoms with van der Waals surface area (Å²) in [6.45, 7) is 4.09. The SMILES string of the molecule is c1ccc(OCc2nnc3n2CCN(Cc2ccsc2)C3)nc1. The summed E-state index contributed by atoms with van der Waals surface area (Å²) in [7, 11) is 0. The van der Waals surface area contributed by atoms with E-state index in [1.807, 2.05) is 18.2 Å². The summed E-state index contributed by atoms with van der Waals surface area (Å²) in [6, 6.07) is 7.80. The highest BCUT2D eigenvalue weighted by Crippen LogP contribution is 2.17. The first-order valence-electron chi connectivity index (χ1n) is 7.57. The molecule has 6 nitrogen and oxygen atoms in total. The van der Waals surface area contributed by atoms with Crippen molar-refractivity contribution >= 4 is 11.3 Å². The van der Waals surface area contributed by atoms with E-state index in [1.54, 1.807) is 17.5 Å². The molecule has 0 aromatic carbocycles. The lowest BCUT2D eigenvalue weighted by Gasteiger charge is -2.27. The fourth-order valence-corrected chi connectivity index (χ4v) is 3.38. The largest absolute Gasteiger partial charge is 0.469 e. The van der Waals surface area contributed by atoms with E-state index in [0.717, 1.165) is 37.8 Å². The molecular formula is C16H17N5OS. The van der Waals surface area contributed by atoms with Crippen LogP contribution in [0.2, 0.25) is 0 Å². The second-order valence-electron chi connectivity index (χ2n) is 5.48. The van der Waals surface area contributed by atoms with Crippen molar-refractivity contribution in [3.63, 3.8) is 0 Å². The maximum absolute atomic E-state index is 5.68. The molecule has 0 spiro atoms. The Morgan fingerprint density at radius 3 is 3.00 bits per heavy atom. The third kappa shape index (κ3) is 3.25. The fourth-order valence-electron chi connectivity index (χ4n) is 2.72. The van der Waals surface area contributed by atoms with Gasteiger partial charge in [-0.15, -0.1) is 10.2 Å². The molecule has 0 unspecified atom stereocenters. The molecule has 3 aromatic rings. The van der Waals surface area contributed by atoms with E-state index < -0.39 is 0 Å². The molecular weight excluding hydrogens is 310 g/mol. The maximum Gasteiger partial charge on any atom is 0.213 e. The molecule has 0 bridgehead atoms. The van der Waals surface area contributed by atoms with Gasteiger partial charge in [0.25, 0.3) is 0 Å². The van der Waals surface area contributed by atoms with E-state index in [0.29, 0.717) is 12.5 Å². The van der Waals surface area contributed by atoms with Crippen molar-refractivity contribution in [1.82, 2.24) is 24.6 Å². The average molecular weight is 327 g/mol. The number of hydrogen-bond donors (Lipinski definition) is 0. The van der Waals surface area contributed by atoms with E-state index in [2.05, 4.69) is 41.5 Å². The molecule has 7 heteroatoms. The molecule has 0 aliphatic carbocycles. The van der Waals surface area contributed by atoms with Crippen molar-refractivity contribution in [2.75, 3.05) is 6.54 Å².